The van der Waals surface area contributed by atoms with Gasteiger partial charge in [0.25, 0.3) is 0 Å². The molecule has 88 valence electrons. The number of carbonyl (C=O) groups is 1. The van der Waals surface area contributed by atoms with Crippen LogP contribution in [0, 0.1) is 0 Å². The number of carboxylic acids is 1. The van der Waals surface area contributed by atoms with Crippen molar-refractivity contribution < 1.29 is 9.90 Å². The highest BCUT2D eigenvalue weighted by molar-refractivity contribution is 7.09. The van der Waals surface area contributed by atoms with Crippen LogP contribution in [0.2, 0.25) is 0 Å². The summed E-state index contributed by atoms with van der Waals surface area (Å²) >= 11 is 1.36. The van der Waals surface area contributed by atoms with Gasteiger partial charge in [-0.05, 0) is 12.8 Å². The van der Waals surface area contributed by atoms with Gasteiger partial charge in [0.15, 0.2) is 6.04 Å². The van der Waals surface area contributed by atoms with Crippen LogP contribution in [0.5, 0.6) is 0 Å². The standard InChI is InChI=1S/C11H16N2O2S/c12-9(11(14)15)10-13-8(6-16-10)7-4-2-1-3-5-7/h6-7,9H,1-5,12H2,(H,14,15). The zero-order valence-electron chi connectivity index (χ0n) is 9.06. The Morgan fingerprint density at radius 1 is 1.50 bits per heavy atom. The Balaban J connectivity index is 2.09. The molecule has 0 saturated heterocycles. The minimum atomic E-state index is -1.01. The van der Waals surface area contributed by atoms with E-state index < -0.39 is 12.0 Å². The van der Waals surface area contributed by atoms with Gasteiger partial charge in [-0.1, -0.05) is 19.3 Å². The molecule has 1 saturated carbocycles. The SMILES string of the molecule is NC(C(=O)O)c1nc(C2CCCCC2)cs1. The lowest BCUT2D eigenvalue weighted by Gasteiger charge is -2.19. The molecule has 1 aliphatic carbocycles. The van der Waals surface area contributed by atoms with E-state index >= 15 is 0 Å². The van der Waals surface area contributed by atoms with E-state index in [2.05, 4.69) is 4.98 Å². The van der Waals surface area contributed by atoms with E-state index in [1.807, 2.05) is 5.38 Å². The topological polar surface area (TPSA) is 76.2 Å². The predicted octanol–water partition coefficient (Wildman–Crippen LogP) is 2.28. The van der Waals surface area contributed by atoms with Gasteiger partial charge in [0, 0.05) is 11.3 Å². The average molecular weight is 240 g/mol. The smallest absolute Gasteiger partial charge is 0.327 e. The molecule has 1 fully saturated rings. The minimum Gasteiger partial charge on any atom is -0.480 e. The van der Waals surface area contributed by atoms with Crippen molar-refractivity contribution in [3.8, 4) is 0 Å². The highest BCUT2D eigenvalue weighted by Crippen LogP contribution is 2.33. The summed E-state index contributed by atoms with van der Waals surface area (Å²) in [6.45, 7) is 0. The van der Waals surface area contributed by atoms with Gasteiger partial charge in [0.2, 0.25) is 0 Å². The van der Waals surface area contributed by atoms with E-state index in [1.165, 1.54) is 43.4 Å². The third kappa shape index (κ3) is 2.41. The van der Waals surface area contributed by atoms with Crippen LogP contribution in [0.4, 0.5) is 0 Å². The number of hydrogen-bond acceptors (Lipinski definition) is 4. The molecule has 1 aromatic rings. The van der Waals surface area contributed by atoms with Crippen LogP contribution in [0.25, 0.3) is 0 Å². The molecule has 1 atom stereocenters. The van der Waals surface area contributed by atoms with Gasteiger partial charge < -0.3 is 10.8 Å². The summed E-state index contributed by atoms with van der Waals surface area (Å²) in [6.07, 6.45) is 6.16. The molecule has 1 aromatic heterocycles. The van der Waals surface area contributed by atoms with Crippen molar-refractivity contribution in [2.45, 2.75) is 44.1 Å². The molecule has 16 heavy (non-hydrogen) atoms. The van der Waals surface area contributed by atoms with Crippen LogP contribution in [-0.2, 0) is 4.79 Å². The highest BCUT2D eigenvalue weighted by Gasteiger charge is 2.22. The first-order valence-electron chi connectivity index (χ1n) is 5.62. The Labute approximate surface area is 98.5 Å². The van der Waals surface area contributed by atoms with E-state index in [0.29, 0.717) is 10.9 Å². The van der Waals surface area contributed by atoms with Gasteiger partial charge in [-0.3, -0.25) is 4.79 Å². The predicted molar refractivity (Wildman–Crippen MR) is 62.5 cm³/mol. The fourth-order valence-corrected chi connectivity index (χ4v) is 3.03. The zero-order valence-corrected chi connectivity index (χ0v) is 9.87. The van der Waals surface area contributed by atoms with Crippen LogP contribution < -0.4 is 5.73 Å². The number of carboxylic acid groups (broad SMARTS) is 1. The van der Waals surface area contributed by atoms with Gasteiger partial charge in [0.05, 0.1) is 5.69 Å². The molecule has 2 rings (SSSR count). The first-order valence-corrected chi connectivity index (χ1v) is 6.50. The maximum Gasteiger partial charge on any atom is 0.327 e. The molecule has 0 aromatic carbocycles. The lowest BCUT2D eigenvalue weighted by molar-refractivity contribution is -0.138. The van der Waals surface area contributed by atoms with Crippen molar-refractivity contribution in [1.82, 2.24) is 4.98 Å². The summed E-state index contributed by atoms with van der Waals surface area (Å²) in [4.78, 5) is 15.1. The summed E-state index contributed by atoms with van der Waals surface area (Å²) in [5.41, 5.74) is 6.57. The number of thiazole rings is 1. The fraction of sp³-hybridized carbons (Fsp3) is 0.636. The third-order valence-electron chi connectivity index (χ3n) is 3.10. The summed E-state index contributed by atoms with van der Waals surface area (Å²) in [5.74, 6) is -0.496. The van der Waals surface area contributed by atoms with Crippen molar-refractivity contribution in [3.05, 3.63) is 16.1 Å². The lowest BCUT2D eigenvalue weighted by Crippen LogP contribution is -2.20. The lowest BCUT2D eigenvalue weighted by atomic mass is 9.87. The third-order valence-corrected chi connectivity index (χ3v) is 4.04. The Hall–Kier alpha value is -0.940. The van der Waals surface area contributed by atoms with Crippen molar-refractivity contribution in [1.29, 1.82) is 0 Å². The van der Waals surface area contributed by atoms with Gasteiger partial charge in [-0.25, -0.2) is 4.98 Å². The molecule has 0 spiro atoms. The first-order chi connectivity index (χ1) is 7.68. The molecule has 0 aliphatic heterocycles. The van der Waals surface area contributed by atoms with E-state index in [4.69, 9.17) is 10.8 Å². The molecule has 0 bridgehead atoms. The summed E-state index contributed by atoms with van der Waals surface area (Å²) < 4.78 is 0. The Morgan fingerprint density at radius 2 is 2.19 bits per heavy atom. The van der Waals surface area contributed by atoms with E-state index in [9.17, 15) is 4.79 Å². The van der Waals surface area contributed by atoms with E-state index in [1.54, 1.807) is 0 Å². The van der Waals surface area contributed by atoms with Crippen LogP contribution in [-0.4, -0.2) is 16.1 Å². The van der Waals surface area contributed by atoms with Crippen molar-refractivity contribution in [3.63, 3.8) is 0 Å². The van der Waals surface area contributed by atoms with Crippen molar-refractivity contribution in [2.75, 3.05) is 0 Å². The van der Waals surface area contributed by atoms with Crippen molar-refractivity contribution in [2.24, 2.45) is 5.73 Å². The number of nitrogens with two attached hydrogens (primary N) is 1. The van der Waals surface area contributed by atoms with Gasteiger partial charge >= 0.3 is 5.97 Å². The molecule has 3 N–H and O–H groups in total. The fourth-order valence-electron chi connectivity index (χ4n) is 2.14. The molecule has 1 aliphatic rings. The maximum absolute atomic E-state index is 10.7. The number of hydrogen-bond donors (Lipinski definition) is 2. The highest BCUT2D eigenvalue weighted by atomic mass is 32.1. The van der Waals surface area contributed by atoms with Crippen LogP contribution in [0.15, 0.2) is 5.38 Å². The molecular weight excluding hydrogens is 224 g/mol. The number of aliphatic carboxylic acids is 1. The quantitative estimate of drug-likeness (QED) is 0.849. The summed E-state index contributed by atoms with van der Waals surface area (Å²) in [5, 5.41) is 11.3. The summed E-state index contributed by atoms with van der Waals surface area (Å²) in [6, 6.07) is -0.970. The van der Waals surface area contributed by atoms with Crippen LogP contribution in [0.3, 0.4) is 0 Å². The second-order valence-corrected chi connectivity index (χ2v) is 5.15. The van der Waals surface area contributed by atoms with E-state index in [0.717, 1.165) is 5.69 Å². The Kier molecular flexibility index (Phi) is 3.56. The number of rotatable bonds is 3. The number of aromatic nitrogens is 1. The Morgan fingerprint density at radius 3 is 2.81 bits per heavy atom. The first kappa shape index (κ1) is 11.5. The van der Waals surface area contributed by atoms with Gasteiger partial charge in [-0.2, -0.15) is 0 Å². The second kappa shape index (κ2) is 4.93. The molecule has 5 heteroatoms. The van der Waals surface area contributed by atoms with E-state index in [-0.39, 0.29) is 0 Å². The van der Waals surface area contributed by atoms with Gasteiger partial charge in [-0.15, -0.1) is 11.3 Å². The molecule has 4 nitrogen and oxygen atoms in total. The van der Waals surface area contributed by atoms with Crippen molar-refractivity contribution >= 4 is 17.3 Å². The van der Waals surface area contributed by atoms with Gasteiger partial charge in [0.1, 0.15) is 5.01 Å². The van der Waals surface area contributed by atoms with Crippen LogP contribution >= 0.6 is 11.3 Å². The molecule has 0 amide bonds. The molecular formula is C11H16N2O2S. The maximum atomic E-state index is 10.7. The second-order valence-electron chi connectivity index (χ2n) is 4.26. The zero-order chi connectivity index (χ0) is 11.5. The van der Waals surface area contributed by atoms with Crippen LogP contribution in [0.1, 0.15) is 54.8 Å². The minimum absolute atomic E-state index is 0.514. The molecule has 1 unspecified atom stereocenters. The largest absolute Gasteiger partial charge is 0.480 e. The molecule has 0 radical (unpaired) electrons. The number of nitrogens with zero attached hydrogens (tertiary/aromatic N) is 1. The average Bonchev–Trinajstić information content (AvgIpc) is 2.78. The molecule has 1 heterocycles. The normalized spacial score (nSPS) is 19.6. The summed E-state index contributed by atoms with van der Waals surface area (Å²) in [7, 11) is 0. The monoisotopic (exact) mass is 240 g/mol. The Bertz CT molecular complexity index is 372.